The molecule has 1 unspecified atom stereocenters. The molecule has 0 aromatic heterocycles. The molecule has 0 amide bonds. The quantitative estimate of drug-likeness (QED) is 0.477. The molecule has 0 saturated carbocycles. The lowest BCUT2D eigenvalue weighted by Crippen LogP contribution is -2.06. The topological polar surface area (TPSA) is 20.2 Å². The lowest BCUT2D eigenvalue weighted by atomic mass is 10.1. The van der Waals surface area contributed by atoms with E-state index >= 15 is 0 Å². The van der Waals surface area contributed by atoms with Gasteiger partial charge in [0.25, 0.3) is 0 Å². The minimum Gasteiger partial charge on any atom is -0.389 e. The zero-order valence-electron chi connectivity index (χ0n) is 5.73. The fraction of sp³-hybridized carbons (Fsp3) is 0.714. The standard InChI is InChI=1S/C7H13ClO/c1-6(2)7(9)4-3-5-8/h7,9H,1,3-5H2,2H3. The molecule has 0 saturated heterocycles. The van der Waals surface area contributed by atoms with Crippen molar-refractivity contribution in [3.8, 4) is 0 Å². The van der Waals surface area contributed by atoms with Gasteiger partial charge in [0.1, 0.15) is 0 Å². The largest absolute Gasteiger partial charge is 0.389 e. The van der Waals surface area contributed by atoms with Gasteiger partial charge in [-0.15, -0.1) is 11.6 Å². The number of aliphatic hydroxyl groups excluding tert-OH is 1. The Kier molecular flexibility index (Phi) is 4.83. The molecule has 54 valence electrons. The van der Waals surface area contributed by atoms with E-state index in [2.05, 4.69) is 6.58 Å². The van der Waals surface area contributed by atoms with Gasteiger partial charge in [0.2, 0.25) is 0 Å². The molecule has 0 aliphatic heterocycles. The van der Waals surface area contributed by atoms with Crippen molar-refractivity contribution < 1.29 is 5.11 Å². The second-order valence-electron chi connectivity index (χ2n) is 2.19. The first kappa shape index (κ1) is 8.99. The highest BCUT2D eigenvalue weighted by Gasteiger charge is 2.01. The summed E-state index contributed by atoms with van der Waals surface area (Å²) >= 11 is 5.41. The summed E-state index contributed by atoms with van der Waals surface area (Å²) in [6, 6.07) is 0. The van der Waals surface area contributed by atoms with Crippen LogP contribution in [0.25, 0.3) is 0 Å². The monoisotopic (exact) mass is 148 g/mol. The molecule has 0 aromatic carbocycles. The van der Waals surface area contributed by atoms with E-state index in [0.29, 0.717) is 5.88 Å². The SMILES string of the molecule is C=C(C)C(O)CCCCl. The van der Waals surface area contributed by atoms with Crippen molar-refractivity contribution in [2.75, 3.05) is 5.88 Å². The average Bonchev–Trinajstić information content (AvgIpc) is 1.82. The fourth-order valence-electron chi connectivity index (χ4n) is 0.517. The molecule has 0 bridgehead atoms. The van der Waals surface area contributed by atoms with E-state index in [1.54, 1.807) is 0 Å². The summed E-state index contributed by atoms with van der Waals surface area (Å²) in [6.45, 7) is 5.43. The van der Waals surface area contributed by atoms with Crippen molar-refractivity contribution >= 4 is 11.6 Å². The second kappa shape index (κ2) is 4.83. The first-order valence-corrected chi connectivity index (χ1v) is 3.61. The number of hydrogen-bond acceptors (Lipinski definition) is 1. The molecule has 0 spiro atoms. The highest BCUT2D eigenvalue weighted by Crippen LogP contribution is 2.05. The van der Waals surface area contributed by atoms with Gasteiger partial charge in [-0.25, -0.2) is 0 Å². The van der Waals surface area contributed by atoms with Crippen LogP contribution in [0.2, 0.25) is 0 Å². The van der Waals surface area contributed by atoms with Crippen molar-refractivity contribution in [3.05, 3.63) is 12.2 Å². The summed E-state index contributed by atoms with van der Waals surface area (Å²) in [5.74, 6) is 0.615. The maximum Gasteiger partial charge on any atom is 0.0745 e. The first-order valence-electron chi connectivity index (χ1n) is 3.08. The van der Waals surface area contributed by atoms with Crippen molar-refractivity contribution in [2.45, 2.75) is 25.9 Å². The van der Waals surface area contributed by atoms with Crippen LogP contribution in [-0.4, -0.2) is 17.1 Å². The van der Waals surface area contributed by atoms with E-state index in [-0.39, 0.29) is 6.10 Å². The average molecular weight is 149 g/mol. The molecule has 0 fully saturated rings. The van der Waals surface area contributed by atoms with Crippen LogP contribution in [0.4, 0.5) is 0 Å². The summed E-state index contributed by atoms with van der Waals surface area (Å²) in [7, 11) is 0. The van der Waals surface area contributed by atoms with E-state index in [4.69, 9.17) is 16.7 Å². The summed E-state index contributed by atoms with van der Waals surface area (Å²) < 4.78 is 0. The van der Waals surface area contributed by atoms with Crippen molar-refractivity contribution in [2.24, 2.45) is 0 Å². The molecule has 2 heteroatoms. The van der Waals surface area contributed by atoms with Crippen LogP contribution in [0.15, 0.2) is 12.2 Å². The van der Waals surface area contributed by atoms with E-state index in [1.807, 2.05) is 6.92 Å². The predicted molar refractivity (Wildman–Crippen MR) is 40.8 cm³/mol. The van der Waals surface area contributed by atoms with Crippen molar-refractivity contribution in [3.63, 3.8) is 0 Å². The van der Waals surface area contributed by atoms with Crippen molar-refractivity contribution in [1.29, 1.82) is 0 Å². The molecular weight excluding hydrogens is 136 g/mol. The lowest BCUT2D eigenvalue weighted by Gasteiger charge is -2.06. The smallest absolute Gasteiger partial charge is 0.0745 e. The summed E-state index contributed by atoms with van der Waals surface area (Å²) in [6.07, 6.45) is 1.23. The molecule has 0 radical (unpaired) electrons. The third-order valence-corrected chi connectivity index (χ3v) is 1.45. The van der Waals surface area contributed by atoms with E-state index in [1.165, 1.54) is 0 Å². The van der Waals surface area contributed by atoms with Crippen LogP contribution in [0, 0.1) is 0 Å². The molecule has 0 aliphatic carbocycles. The Morgan fingerprint density at radius 1 is 1.78 bits per heavy atom. The number of alkyl halides is 1. The van der Waals surface area contributed by atoms with Crippen LogP contribution in [0.1, 0.15) is 19.8 Å². The molecule has 1 atom stereocenters. The maximum atomic E-state index is 9.10. The van der Waals surface area contributed by atoms with Crippen LogP contribution in [0.3, 0.4) is 0 Å². The van der Waals surface area contributed by atoms with Crippen LogP contribution < -0.4 is 0 Å². The molecule has 1 nitrogen and oxygen atoms in total. The zero-order chi connectivity index (χ0) is 7.28. The molecule has 0 aliphatic rings. The second-order valence-corrected chi connectivity index (χ2v) is 2.57. The number of rotatable bonds is 4. The summed E-state index contributed by atoms with van der Waals surface area (Å²) in [4.78, 5) is 0. The Hall–Kier alpha value is -0.0100. The van der Waals surface area contributed by atoms with Gasteiger partial charge in [0, 0.05) is 5.88 Å². The Balaban J connectivity index is 3.27. The Morgan fingerprint density at radius 3 is 2.67 bits per heavy atom. The highest BCUT2D eigenvalue weighted by molar-refractivity contribution is 6.17. The fourth-order valence-corrected chi connectivity index (χ4v) is 0.671. The van der Waals surface area contributed by atoms with Gasteiger partial charge in [0.15, 0.2) is 0 Å². The van der Waals surface area contributed by atoms with Gasteiger partial charge in [-0.2, -0.15) is 0 Å². The first-order chi connectivity index (χ1) is 4.18. The predicted octanol–water partition coefficient (Wildman–Crippen LogP) is 1.94. The van der Waals surface area contributed by atoms with Gasteiger partial charge >= 0.3 is 0 Å². The normalized spacial score (nSPS) is 13.2. The van der Waals surface area contributed by atoms with Gasteiger partial charge in [-0.05, 0) is 19.8 Å². The van der Waals surface area contributed by atoms with E-state index in [0.717, 1.165) is 18.4 Å². The third-order valence-electron chi connectivity index (χ3n) is 1.18. The Bertz CT molecular complexity index is 90.9. The van der Waals surface area contributed by atoms with E-state index in [9.17, 15) is 0 Å². The number of aliphatic hydroxyl groups is 1. The van der Waals surface area contributed by atoms with Crippen LogP contribution in [0.5, 0.6) is 0 Å². The van der Waals surface area contributed by atoms with Gasteiger partial charge in [0.05, 0.1) is 6.10 Å². The van der Waals surface area contributed by atoms with Gasteiger partial charge < -0.3 is 5.11 Å². The maximum absolute atomic E-state index is 9.10. The molecule has 1 N–H and O–H groups in total. The van der Waals surface area contributed by atoms with Gasteiger partial charge in [-0.3, -0.25) is 0 Å². The number of halogens is 1. The summed E-state index contributed by atoms with van der Waals surface area (Å²) in [5.41, 5.74) is 0.820. The molecule has 9 heavy (non-hydrogen) atoms. The highest BCUT2D eigenvalue weighted by atomic mass is 35.5. The third kappa shape index (κ3) is 4.49. The number of hydrogen-bond donors (Lipinski definition) is 1. The van der Waals surface area contributed by atoms with Gasteiger partial charge in [-0.1, -0.05) is 12.2 Å². The lowest BCUT2D eigenvalue weighted by molar-refractivity contribution is 0.200. The van der Waals surface area contributed by atoms with Crippen LogP contribution >= 0.6 is 11.6 Å². The summed E-state index contributed by atoms with van der Waals surface area (Å²) in [5, 5.41) is 9.10. The zero-order valence-corrected chi connectivity index (χ0v) is 6.49. The van der Waals surface area contributed by atoms with Crippen molar-refractivity contribution in [1.82, 2.24) is 0 Å². The molecular formula is C7H13ClO. The molecule has 0 aromatic rings. The molecule has 0 heterocycles. The van der Waals surface area contributed by atoms with E-state index < -0.39 is 0 Å². The Labute approximate surface area is 61.3 Å². The van der Waals surface area contributed by atoms with Crippen LogP contribution in [-0.2, 0) is 0 Å². The minimum atomic E-state index is -0.358. The Morgan fingerprint density at radius 2 is 2.33 bits per heavy atom. The minimum absolute atomic E-state index is 0.358. The molecule has 0 rings (SSSR count).